The van der Waals surface area contributed by atoms with Crippen LogP contribution in [0, 0.1) is 0 Å². The van der Waals surface area contributed by atoms with Crippen LogP contribution in [0.3, 0.4) is 0 Å². The number of likely N-dealkylation sites (N-methyl/N-ethyl adjacent to an activating group) is 1. The number of nitrogens with one attached hydrogen (secondary N) is 1. The zero-order valence-corrected chi connectivity index (χ0v) is 13.3. The maximum atomic E-state index is 12.3. The molecule has 0 aliphatic rings. The molecule has 2 amide bonds. The third-order valence-electron chi connectivity index (χ3n) is 3.48. The molecule has 0 saturated carbocycles. The van der Waals surface area contributed by atoms with E-state index in [1.807, 2.05) is 56.3 Å². The quantitative estimate of drug-likeness (QED) is 0.921. The van der Waals surface area contributed by atoms with Gasteiger partial charge in [0.1, 0.15) is 0 Å². The number of carbonyl (C=O) groups is 2. The second-order valence-corrected chi connectivity index (χ2v) is 5.79. The van der Waals surface area contributed by atoms with Gasteiger partial charge in [-0.2, -0.15) is 0 Å². The number of carbonyl (C=O) groups excluding carboxylic acids is 2. The molecule has 0 aliphatic carbocycles. The van der Waals surface area contributed by atoms with E-state index in [4.69, 9.17) is 0 Å². The summed E-state index contributed by atoms with van der Waals surface area (Å²) in [6.45, 7) is 3.88. The van der Waals surface area contributed by atoms with Gasteiger partial charge in [0.2, 0.25) is 11.8 Å². The van der Waals surface area contributed by atoms with Crippen molar-refractivity contribution < 1.29 is 9.59 Å². The molecule has 22 heavy (non-hydrogen) atoms. The molecule has 0 spiro atoms. The Kier molecular flexibility index (Phi) is 5.15. The lowest BCUT2D eigenvalue weighted by molar-refractivity contribution is -0.134. The number of hydrogen-bond donors (Lipinski definition) is 1. The summed E-state index contributed by atoms with van der Waals surface area (Å²) in [4.78, 5) is 25.5. The second-order valence-electron chi connectivity index (χ2n) is 5.79. The average molecular weight is 298 g/mol. The van der Waals surface area contributed by atoms with Gasteiger partial charge < -0.3 is 10.2 Å². The largest absolute Gasteiger partial charge is 0.352 e. The summed E-state index contributed by atoms with van der Waals surface area (Å²) >= 11 is 0. The van der Waals surface area contributed by atoms with E-state index in [1.54, 1.807) is 7.05 Å². The Morgan fingerprint density at radius 2 is 1.77 bits per heavy atom. The molecule has 0 fully saturated rings. The molecule has 0 unspecified atom stereocenters. The first kappa shape index (κ1) is 16.0. The molecule has 0 atom stereocenters. The number of hydrogen-bond acceptors (Lipinski definition) is 2. The average Bonchev–Trinajstić information content (AvgIpc) is 2.46. The fraction of sp³-hybridized carbons (Fsp3) is 0.333. The van der Waals surface area contributed by atoms with Gasteiger partial charge in [-0.05, 0) is 30.2 Å². The van der Waals surface area contributed by atoms with Crippen LogP contribution in [-0.4, -0.2) is 36.3 Å². The molecule has 4 heteroatoms. The van der Waals surface area contributed by atoms with E-state index in [0.29, 0.717) is 6.42 Å². The van der Waals surface area contributed by atoms with Crippen LogP contribution in [0.15, 0.2) is 42.5 Å². The molecule has 116 valence electrons. The highest BCUT2D eigenvalue weighted by molar-refractivity contribution is 5.91. The van der Waals surface area contributed by atoms with Gasteiger partial charge in [-0.15, -0.1) is 0 Å². The third-order valence-corrected chi connectivity index (χ3v) is 3.48. The fourth-order valence-electron chi connectivity index (χ4n) is 2.42. The van der Waals surface area contributed by atoms with Crippen molar-refractivity contribution in [2.45, 2.75) is 26.3 Å². The van der Waals surface area contributed by atoms with E-state index >= 15 is 0 Å². The van der Waals surface area contributed by atoms with E-state index in [0.717, 1.165) is 16.3 Å². The molecule has 1 N–H and O–H groups in total. The summed E-state index contributed by atoms with van der Waals surface area (Å²) in [7, 11) is 1.66. The predicted molar refractivity (Wildman–Crippen MR) is 88.6 cm³/mol. The van der Waals surface area contributed by atoms with Crippen LogP contribution >= 0.6 is 0 Å². The van der Waals surface area contributed by atoms with Gasteiger partial charge in [0.25, 0.3) is 0 Å². The van der Waals surface area contributed by atoms with Crippen LogP contribution in [0.1, 0.15) is 19.4 Å². The SMILES string of the molecule is CC(C)NC(=O)CN(C)C(=O)Cc1cccc2ccccc12. The summed E-state index contributed by atoms with van der Waals surface area (Å²) in [5.74, 6) is -0.195. The van der Waals surface area contributed by atoms with Crippen LogP contribution in [0.4, 0.5) is 0 Å². The Balaban J connectivity index is 2.06. The fourth-order valence-corrected chi connectivity index (χ4v) is 2.42. The zero-order valence-electron chi connectivity index (χ0n) is 13.3. The molecule has 2 rings (SSSR count). The predicted octanol–water partition coefficient (Wildman–Crippen LogP) is 2.37. The minimum absolute atomic E-state index is 0.0599. The molecule has 2 aromatic carbocycles. The standard InChI is InChI=1S/C18H22N2O2/c1-13(2)19-17(21)12-20(3)18(22)11-15-9-6-8-14-7-4-5-10-16(14)15/h4-10,13H,11-12H2,1-3H3,(H,19,21). The van der Waals surface area contributed by atoms with Gasteiger partial charge >= 0.3 is 0 Å². The number of benzene rings is 2. The molecular formula is C18H22N2O2. The first-order valence-electron chi connectivity index (χ1n) is 7.47. The van der Waals surface area contributed by atoms with Crippen molar-refractivity contribution in [2.75, 3.05) is 13.6 Å². The first-order valence-corrected chi connectivity index (χ1v) is 7.47. The molecule has 0 aromatic heterocycles. The molecule has 0 radical (unpaired) electrons. The summed E-state index contributed by atoms with van der Waals surface area (Å²) in [5, 5.41) is 4.99. The molecule has 0 bridgehead atoms. The molecule has 4 nitrogen and oxygen atoms in total. The van der Waals surface area contributed by atoms with E-state index < -0.39 is 0 Å². The smallest absolute Gasteiger partial charge is 0.239 e. The lowest BCUT2D eigenvalue weighted by Gasteiger charge is -2.18. The van der Waals surface area contributed by atoms with Crippen molar-refractivity contribution in [3.8, 4) is 0 Å². The number of fused-ring (bicyclic) bond motifs is 1. The minimum Gasteiger partial charge on any atom is -0.352 e. The normalized spacial score (nSPS) is 10.7. The van der Waals surface area contributed by atoms with E-state index in [9.17, 15) is 9.59 Å². The number of rotatable bonds is 5. The van der Waals surface area contributed by atoms with Gasteiger partial charge in [0.05, 0.1) is 13.0 Å². The molecule has 2 aromatic rings. The molecular weight excluding hydrogens is 276 g/mol. The lowest BCUT2D eigenvalue weighted by Crippen LogP contribution is -2.41. The van der Waals surface area contributed by atoms with E-state index in [1.165, 1.54) is 4.90 Å². The maximum absolute atomic E-state index is 12.3. The van der Waals surface area contributed by atoms with Gasteiger partial charge in [-0.1, -0.05) is 42.5 Å². The maximum Gasteiger partial charge on any atom is 0.239 e. The van der Waals surface area contributed by atoms with Gasteiger partial charge in [-0.3, -0.25) is 9.59 Å². The van der Waals surface area contributed by atoms with Crippen molar-refractivity contribution >= 4 is 22.6 Å². The van der Waals surface area contributed by atoms with E-state index in [-0.39, 0.29) is 24.4 Å². The van der Waals surface area contributed by atoms with Crippen LogP contribution in [0.2, 0.25) is 0 Å². The minimum atomic E-state index is -0.135. The summed E-state index contributed by atoms with van der Waals surface area (Å²) in [5.41, 5.74) is 0.985. The number of amides is 2. The Morgan fingerprint density at radius 1 is 1.09 bits per heavy atom. The number of nitrogens with zero attached hydrogens (tertiary/aromatic N) is 1. The van der Waals surface area contributed by atoms with E-state index in [2.05, 4.69) is 5.32 Å². The van der Waals surface area contributed by atoms with Gasteiger partial charge in [0, 0.05) is 13.1 Å². The molecule has 0 heterocycles. The monoisotopic (exact) mass is 298 g/mol. The van der Waals surface area contributed by atoms with Crippen molar-refractivity contribution in [2.24, 2.45) is 0 Å². The second kappa shape index (κ2) is 7.07. The highest BCUT2D eigenvalue weighted by Crippen LogP contribution is 2.19. The van der Waals surface area contributed by atoms with Crippen molar-refractivity contribution in [3.05, 3.63) is 48.0 Å². The lowest BCUT2D eigenvalue weighted by atomic mass is 10.0. The Labute approximate surface area is 131 Å². The first-order chi connectivity index (χ1) is 10.5. The summed E-state index contributed by atoms with van der Waals surface area (Å²) < 4.78 is 0. The molecule has 0 aliphatic heterocycles. The van der Waals surface area contributed by atoms with Crippen LogP contribution < -0.4 is 5.32 Å². The van der Waals surface area contributed by atoms with Crippen LogP contribution in [0.25, 0.3) is 10.8 Å². The summed E-state index contributed by atoms with van der Waals surface area (Å²) in [6, 6.07) is 14.0. The third kappa shape index (κ3) is 4.07. The van der Waals surface area contributed by atoms with Gasteiger partial charge in [0.15, 0.2) is 0 Å². The summed E-state index contributed by atoms with van der Waals surface area (Å²) in [6.07, 6.45) is 0.298. The van der Waals surface area contributed by atoms with Crippen molar-refractivity contribution in [3.63, 3.8) is 0 Å². The topological polar surface area (TPSA) is 49.4 Å². The van der Waals surface area contributed by atoms with Gasteiger partial charge in [-0.25, -0.2) is 0 Å². The highest BCUT2D eigenvalue weighted by Gasteiger charge is 2.15. The van der Waals surface area contributed by atoms with Crippen LogP contribution in [-0.2, 0) is 16.0 Å². The Bertz CT molecular complexity index is 674. The van der Waals surface area contributed by atoms with Crippen LogP contribution in [0.5, 0.6) is 0 Å². The Hall–Kier alpha value is -2.36. The van der Waals surface area contributed by atoms with Crippen molar-refractivity contribution in [1.82, 2.24) is 10.2 Å². The Morgan fingerprint density at radius 3 is 2.50 bits per heavy atom. The highest BCUT2D eigenvalue weighted by atomic mass is 16.2. The molecule has 0 saturated heterocycles. The van der Waals surface area contributed by atoms with Crippen molar-refractivity contribution in [1.29, 1.82) is 0 Å². The zero-order chi connectivity index (χ0) is 16.1.